The highest BCUT2D eigenvalue weighted by atomic mass is 16.5. The van der Waals surface area contributed by atoms with E-state index in [9.17, 15) is 0 Å². The van der Waals surface area contributed by atoms with Gasteiger partial charge >= 0.3 is 0 Å². The fourth-order valence-electron chi connectivity index (χ4n) is 2.46. The average molecular weight is 170 g/mol. The smallest absolute Gasteiger partial charge is 0.0968 e. The van der Waals surface area contributed by atoms with Crippen molar-refractivity contribution >= 4 is 0 Å². The lowest BCUT2D eigenvalue weighted by Gasteiger charge is -2.48. The first-order valence-electron chi connectivity index (χ1n) is 4.75. The second kappa shape index (κ2) is 2.98. The molecule has 3 heteroatoms. The molecular weight excluding hydrogens is 152 g/mol. The summed E-state index contributed by atoms with van der Waals surface area (Å²) >= 11 is 0. The maximum atomic E-state index is 5.67. The van der Waals surface area contributed by atoms with Crippen LogP contribution in [0.25, 0.3) is 0 Å². The first kappa shape index (κ1) is 8.48. The van der Waals surface area contributed by atoms with Crippen LogP contribution in [-0.2, 0) is 4.74 Å². The molecule has 70 valence electrons. The van der Waals surface area contributed by atoms with Gasteiger partial charge in [-0.3, -0.25) is 0 Å². The van der Waals surface area contributed by atoms with Crippen LogP contribution in [0.5, 0.6) is 0 Å². The van der Waals surface area contributed by atoms with Crippen molar-refractivity contribution in [2.45, 2.75) is 24.5 Å². The summed E-state index contributed by atoms with van der Waals surface area (Å²) in [6.45, 7) is 3.37. The summed E-state index contributed by atoms with van der Waals surface area (Å²) in [4.78, 5) is 2.40. The molecule has 2 fully saturated rings. The Kier molecular flexibility index (Phi) is 2.10. The third-order valence-electron chi connectivity index (χ3n) is 3.45. The van der Waals surface area contributed by atoms with Gasteiger partial charge in [0.25, 0.3) is 0 Å². The second-order valence-corrected chi connectivity index (χ2v) is 3.98. The zero-order chi connectivity index (χ0) is 8.60. The minimum absolute atomic E-state index is 0.118. The number of likely N-dealkylation sites (tertiary alicyclic amines) is 1. The molecule has 0 radical (unpaired) electrons. The number of rotatable bonds is 2. The molecule has 0 aromatic rings. The Balaban J connectivity index is 2.05. The summed E-state index contributed by atoms with van der Waals surface area (Å²) in [5, 5.41) is 3.38. The van der Waals surface area contributed by atoms with Gasteiger partial charge < -0.3 is 15.0 Å². The number of methoxy groups -OCH3 is 1. The van der Waals surface area contributed by atoms with Gasteiger partial charge in [-0.2, -0.15) is 0 Å². The molecule has 0 aliphatic carbocycles. The highest BCUT2D eigenvalue weighted by molar-refractivity contribution is 5.03. The second-order valence-electron chi connectivity index (χ2n) is 3.98. The summed E-state index contributed by atoms with van der Waals surface area (Å²) in [5.74, 6) is 0. The molecule has 12 heavy (non-hydrogen) atoms. The lowest BCUT2D eigenvalue weighted by Crippen LogP contribution is -2.61. The van der Waals surface area contributed by atoms with Crippen LogP contribution < -0.4 is 5.32 Å². The third-order valence-corrected chi connectivity index (χ3v) is 3.45. The average Bonchev–Trinajstić information content (AvgIpc) is 2.51. The molecule has 0 amide bonds. The largest absolute Gasteiger partial charge is 0.375 e. The van der Waals surface area contributed by atoms with Crippen LogP contribution in [0.15, 0.2) is 0 Å². The molecule has 2 aliphatic heterocycles. The zero-order valence-electron chi connectivity index (χ0n) is 7.97. The van der Waals surface area contributed by atoms with E-state index in [0.717, 1.165) is 13.1 Å². The first-order valence-corrected chi connectivity index (χ1v) is 4.75. The van der Waals surface area contributed by atoms with E-state index in [-0.39, 0.29) is 5.60 Å². The maximum absolute atomic E-state index is 5.67. The van der Waals surface area contributed by atoms with Crippen molar-refractivity contribution in [1.82, 2.24) is 10.2 Å². The Morgan fingerprint density at radius 3 is 2.75 bits per heavy atom. The van der Waals surface area contributed by atoms with Crippen LogP contribution in [0.4, 0.5) is 0 Å². The van der Waals surface area contributed by atoms with Gasteiger partial charge in [0, 0.05) is 19.7 Å². The molecule has 2 rings (SSSR count). The minimum Gasteiger partial charge on any atom is -0.375 e. The Morgan fingerprint density at radius 1 is 1.58 bits per heavy atom. The van der Waals surface area contributed by atoms with Crippen molar-refractivity contribution in [3.8, 4) is 0 Å². The molecule has 0 saturated carbocycles. The van der Waals surface area contributed by atoms with Gasteiger partial charge in [0.15, 0.2) is 0 Å². The lowest BCUT2D eigenvalue weighted by molar-refractivity contribution is -0.0948. The third kappa shape index (κ3) is 1.08. The van der Waals surface area contributed by atoms with Crippen LogP contribution in [0.3, 0.4) is 0 Å². The van der Waals surface area contributed by atoms with Crippen molar-refractivity contribution < 1.29 is 4.74 Å². The van der Waals surface area contributed by atoms with Crippen LogP contribution in [-0.4, -0.2) is 50.3 Å². The predicted octanol–water partition coefficient (Wildman–Crippen LogP) is 0.0690. The number of hydrogen-bond acceptors (Lipinski definition) is 3. The zero-order valence-corrected chi connectivity index (χ0v) is 7.97. The van der Waals surface area contributed by atoms with E-state index in [1.54, 1.807) is 0 Å². The Labute approximate surface area is 74.1 Å². The Morgan fingerprint density at radius 2 is 2.42 bits per heavy atom. The predicted molar refractivity (Wildman–Crippen MR) is 48.3 cm³/mol. The lowest BCUT2D eigenvalue weighted by atomic mass is 9.84. The van der Waals surface area contributed by atoms with Crippen LogP contribution >= 0.6 is 0 Å². The van der Waals surface area contributed by atoms with E-state index >= 15 is 0 Å². The van der Waals surface area contributed by atoms with E-state index in [1.165, 1.54) is 19.4 Å². The summed E-state index contributed by atoms with van der Waals surface area (Å²) in [5.41, 5.74) is 0.118. The van der Waals surface area contributed by atoms with Gasteiger partial charge in [-0.25, -0.2) is 0 Å². The molecule has 0 aromatic heterocycles. The first-order chi connectivity index (χ1) is 5.78. The molecule has 0 bridgehead atoms. The fourth-order valence-corrected chi connectivity index (χ4v) is 2.46. The fraction of sp³-hybridized carbons (Fsp3) is 1.00. The van der Waals surface area contributed by atoms with Crippen molar-refractivity contribution in [2.24, 2.45) is 0 Å². The molecular formula is C9H18N2O. The van der Waals surface area contributed by atoms with Gasteiger partial charge in [-0.1, -0.05) is 0 Å². The quantitative estimate of drug-likeness (QED) is 0.634. The van der Waals surface area contributed by atoms with Gasteiger partial charge in [-0.15, -0.1) is 0 Å². The number of nitrogens with one attached hydrogen (secondary N) is 1. The highest BCUT2D eigenvalue weighted by Gasteiger charge is 2.47. The topological polar surface area (TPSA) is 24.5 Å². The Hall–Kier alpha value is -0.120. The molecule has 2 aliphatic rings. The monoisotopic (exact) mass is 170 g/mol. The van der Waals surface area contributed by atoms with Crippen molar-refractivity contribution in [2.75, 3.05) is 33.8 Å². The van der Waals surface area contributed by atoms with Crippen LogP contribution in [0.1, 0.15) is 12.8 Å². The standard InChI is InChI=1S/C9H18N2O/c1-11-6-3-8(11)9(12-2)4-5-10-7-9/h8,10H,3-7H2,1-2H3/t8-,9-/m0/s1. The molecule has 3 nitrogen and oxygen atoms in total. The van der Waals surface area contributed by atoms with E-state index < -0.39 is 0 Å². The van der Waals surface area contributed by atoms with Crippen molar-refractivity contribution in [3.63, 3.8) is 0 Å². The van der Waals surface area contributed by atoms with Crippen LogP contribution in [0.2, 0.25) is 0 Å². The molecule has 2 saturated heterocycles. The summed E-state index contributed by atoms with van der Waals surface area (Å²) in [7, 11) is 4.03. The normalized spacial score (nSPS) is 43.0. The van der Waals surface area contributed by atoms with Crippen molar-refractivity contribution in [3.05, 3.63) is 0 Å². The van der Waals surface area contributed by atoms with Gasteiger partial charge in [0.2, 0.25) is 0 Å². The number of ether oxygens (including phenoxy) is 1. The molecule has 0 aromatic carbocycles. The molecule has 2 heterocycles. The Bertz CT molecular complexity index is 166. The van der Waals surface area contributed by atoms with E-state index in [4.69, 9.17) is 4.74 Å². The van der Waals surface area contributed by atoms with Gasteiger partial charge in [0.05, 0.1) is 5.60 Å². The van der Waals surface area contributed by atoms with E-state index in [0.29, 0.717) is 6.04 Å². The highest BCUT2D eigenvalue weighted by Crippen LogP contribution is 2.33. The van der Waals surface area contributed by atoms with Crippen molar-refractivity contribution in [1.29, 1.82) is 0 Å². The number of nitrogens with zero attached hydrogens (tertiary/aromatic N) is 1. The molecule has 0 spiro atoms. The molecule has 0 unspecified atom stereocenters. The van der Waals surface area contributed by atoms with Crippen LogP contribution in [0, 0.1) is 0 Å². The van der Waals surface area contributed by atoms with Gasteiger partial charge in [0.1, 0.15) is 0 Å². The number of likely N-dealkylation sites (N-methyl/N-ethyl adjacent to an activating group) is 1. The summed E-state index contributed by atoms with van der Waals surface area (Å²) < 4.78 is 5.67. The summed E-state index contributed by atoms with van der Waals surface area (Å²) in [6.07, 6.45) is 2.46. The SMILES string of the molecule is CO[C@@]1([C@@H]2CCN2C)CCNC1. The number of hydrogen-bond donors (Lipinski definition) is 1. The minimum atomic E-state index is 0.118. The molecule has 1 N–H and O–H groups in total. The van der Waals surface area contributed by atoms with E-state index in [2.05, 4.69) is 17.3 Å². The maximum Gasteiger partial charge on any atom is 0.0968 e. The van der Waals surface area contributed by atoms with E-state index in [1.807, 2.05) is 7.11 Å². The molecule has 2 atom stereocenters. The summed E-state index contributed by atoms with van der Waals surface area (Å²) in [6, 6.07) is 0.650. The van der Waals surface area contributed by atoms with Gasteiger partial charge in [-0.05, 0) is 33.0 Å².